The first-order valence-corrected chi connectivity index (χ1v) is 7.82. The van der Waals surface area contributed by atoms with Crippen LogP contribution < -0.4 is 0 Å². The molecule has 2 fully saturated rings. The molecule has 1 aromatic carbocycles. The maximum absolute atomic E-state index is 9.46. The molecule has 0 bridgehead atoms. The second-order valence-corrected chi connectivity index (χ2v) is 6.13. The molecule has 1 saturated carbocycles. The summed E-state index contributed by atoms with van der Waals surface area (Å²) in [7, 11) is 0. The van der Waals surface area contributed by atoms with Crippen LogP contribution in [0.15, 0.2) is 24.3 Å². The number of hydrogen-bond acceptors (Lipinski definition) is 2. The van der Waals surface area contributed by atoms with Gasteiger partial charge in [-0.05, 0) is 61.9 Å². The van der Waals surface area contributed by atoms with Gasteiger partial charge in [0, 0.05) is 6.04 Å². The smallest absolute Gasteiger partial charge is 0.115 e. The number of benzene rings is 1. The van der Waals surface area contributed by atoms with Gasteiger partial charge in [0.05, 0.1) is 0 Å². The molecule has 0 aromatic heterocycles. The summed E-state index contributed by atoms with van der Waals surface area (Å²) in [6, 6.07) is 8.76. The van der Waals surface area contributed by atoms with Crippen LogP contribution in [0.1, 0.15) is 50.5 Å². The second kappa shape index (κ2) is 5.54. The first-order chi connectivity index (χ1) is 9.29. The summed E-state index contributed by atoms with van der Waals surface area (Å²) in [4.78, 5) is 2.70. The molecule has 3 unspecified atom stereocenters. The highest BCUT2D eigenvalue weighted by atomic mass is 16.3. The SMILES string of the molecule is CCN1CCC(c2ccc(O)cc2)C2CCCCC21. The van der Waals surface area contributed by atoms with Gasteiger partial charge in [-0.3, -0.25) is 0 Å². The highest BCUT2D eigenvalue weighted by Crippen LogP contribution is 2.44. The summed E-state index contributed by atoms with van der Waals surface area (Å²) in [6.45, 7) is 4.74. The fraction of sp³-hybridized carbons (Fsp3) is 0.647. The summed E-state index contributed by atoms with van der Waals surface area (Å²) >= 11 is 0. The van der Waals surface area contributed by atoms with Crippen molar-refractivity contribution in [2.24, 2.45) is 5.92 Å². The minimum atomic E-state index is 0.384. The number of phenolic OH excluding ortho intramolecular Hbond substituents is 1. The number of likely N-dealkylation sites (tertiary alicyclic amines) is 1. The van der Waals surface area contributed by atoms with Crippen LogP contribution in [0.5, 0.6) is 5.75 Å². The van der Waals surface area contributed by atoms with Crippen LogP contribution in [-0.2, 0) is 0 Å². The zero-order chi connectivity index (χ0) is 13.2. The lowest BCUT2D eigenvalue weighted by molar-refractivity contribution is 0.0491. The van der Waals surface area contributed by atoms with Crippen molar-refractivity contribution in [1.82, 2.24) is 4.90 Å². The molecule has 3 atom stereocenters. The Morgan fingerprint density at radius 1 is 1.11 bits per heavy atom. The molecule has 0 amide bonds. The molecule has 2 aliphatic rings. The summed E-state index contributed by atoms with van der Waals surface area (Å²) in [5, 5.41) is 9.46. The van der Waals surface area contributed by atoms with Gasteiger partial charge in [-0.1, -0.05) is 31.9 Å². The van der Waals surface area contributed by atoms with Crippen molar-refractivity contribution < 1.29 is 5.11 Å². The third kappa shape index (κ3) is 2.51. The van der Waals surface area contributed by atoms with E-state index in [0.29, 0.717) is 11.7 Å². The predicted octanol–water partition coefficient (Wildman–Crippen LogP) is 3.76. The van der Waals surface area contributed by atoms with Crippen LogP contribution in [0.2, 0.25) is 0 Å². The van der Waals surface area contributed by atoms with Crippen molar-refractivity contribution in [3.8, 4) is 5.75 Å². The molecule has 2 nitrogen and oxygen atoms in total. The Morgan fingerprint density at radius 3 is 2.58 bits per heavy atom. The summed E-state index contributed by atoms with van der Waals surface area (Å²) in [5.41, 5.74) is 1.44. The minimum Gasteiger partial charge on any atom is -0.508 e. The van der Waals surface area contributed by atoms with Gasteiger partial charge in [0.2, 0.25) is 0 Å². The molecule has 0 spiro atoms. The van der Waals surface area contributed by atoms with Crippen molar-refractivity contribution in [3.63, 3.8) is 0 Å². The lowest BCUT2D eigenvalue weighted by atomic mass is 9.69. The highest BCUT2D eigenvalue weighted by Gasteiger charge is 2.39. The van der Waals surface area contributed by atoms with Crippen LogP contribution in [0.4, 0.5) is 0 Å². The zero-order valence-electron chi connectivity index (χ0n) is 11.9. The van der Waals surface area contributed by atoms with Crippen LogP contribution in [0, 0.1) is 5.92 Å². The Labute approximate surface area is 116 Å². The maximum Gasteiger partial charge on any atom is 0.115 e. The molecule has 104 valence electrons. The molecule has 1 aromatic rings. The van der Waals surface area contributed by atoms with Gasteiger partial charge in [0.15, 0.2) is 0 Å². The van der Waals surface area contributed by atoms with E-state index in [4.69, 9.17) is 0 Å². The quantitative estimate of drug-likeness (QED) is 0.874. The minimum absolute atomic E-state index is 0.384. The number of hydrogen-bond donors (Lipinski definition) is 1. The van der Waals surface area contributed by atoms with Crippen LogP contribution in [-0.4, -0.2) is 29.1 Å². The molecule has 3 rings (SSSR count). The fourth-order valence-electron chi connectivity index (χ4n) is 4.28. The second-order valence-electron chi connectivity index (χ2n) is 6.13. The molecule has 1 heterocycles. The van der Waals surface area contributed by atoms with E-state index in [1.807, 2.05) is 12.1 Å². The molecule has 1 aliphatic heterocycles. The van der Waals surface area contributed by atoms with Gasteiger partial charge in [-0.25, -0.2) is 0 Å². The van der Waals surface area contributed by atoms with Gasteiger partial charge in [0.25, 0.3) is 0 Å². The van der Waals surface area contributed by atoms with E-state index in [1.54, 1.807) is 0 Å². The standard InChI is InChI=1S/C17H25NO/c1-2-18-12-11-15(13-7-9-14(19)10-8-13)16-5-3-4-6-17(16)18/h7-10,15-17,19H,2-6,11-12H2,1H3. The first kappa shape index (κ1) is 13.0. The van der Waals surface area contributed by atoms with Gasteiger partial charge < -0.3 is 10.0 Å². The summed E-state index contributed by atoms with van der Waals surface area (Å²) in [5.74, 6) is 1.91. The Morgan fingerprint density at radius 2 is 1.84 bits per heavy atom. The molecule has 19 heavy (non-hydrogen) atoms. The first-order valence-electron chi connectivity index (χ1n) is 7.82. The van der Waals surface area contributed by atoms with E-state index >= 15 is 0 Å². The lowest BCUT2D eigenvalue weighted by Crippen LogP contribution is -2.49. The van der Waals surface area contributed by atoms with Gasteiger partial charge >= 0.3 is 0 Å². The zero-order valence-corrected chi connectivity index (χ0v) is 11.9. The third-order valence-electron chi connectivity index (χ3n) is 5.22. The van der Waals surface area contributed by atoms with Crippen molar-refractivity contribution in [1.29, 1.82) is 0 Å². The summed E-state index contributed by atoms with van der Waals surface area (Å²) < 4.78 is 0. The predicted molar refractivity (Wildman–Crippen MR) is 78.5 cm³/mol. The number of aromatic hydroxyl groups is 1. The van der Waals surface area contributed by atoms with Crippen LogP contribution in [0.25, 0.3) is 0 Å². The van der Waals surface area contributed by atoms with Crippen LogP contribution in [0.3, 0.4) is 0 Å². The number of rotatable bonds is 2. The number of nitrogens with zero attached hydrogens (tertiary/aromatic N) is 1. The molecule has 0 radical (unpaired) electrons. The number of phenols is 1. The van der Waals surface area contributed by atoms with E-state index in [-0.39, 0.29) is 0 Å². The molecule has 2 heteroatoms. The van der Waals surface area contributed by atoms with Crippen molar-refractivity contribution >= 4 is 0 Å². The van der Waals surface area contributed by atoms with E-state index in [2.05, 4.69) is 24.0 Å². The molecule has 1 N–H and O–H groups in total. The van der Waals surface area contributed by atoms with Crippen molar-refractivity contribution in [3.05, 3.63) is 29.8 Å². The van der Waals surface area contributed by atoms with E-state index < -0.39 is 0 Å². The lowest BCUT2D eigenvalue weighted by Gasteiger charge is -2.48. The third-order valence-corrected chi connectivity index (χ3v) is 5.22. The average Bonchev–Trinajstić information content (AvgIpc) is 2.47. The number of fused-ring (bicyclic) bond motifs is 1. The van der Waals surface area contributed by atoms with E-state index in [0.717, 1.165) is 12.0 Å². The van der Waals surface area contributed by atoms with Gasteiger partial charge in [-0.2, -0.15) is 0 Å². The monoisotopic (exact) mass is 259 g/mol. The molecule has 1 saturated heterocycles. The Bertz CT molecular complexity index is 414. The maximum atomic E-state index is 9.46. The topological polar surface area (TPSA) is 23.5 Å². The van der Waals surface area contributed by atoms with Gasteiger partial charge in [0.1, 0.15) is 5.75 Å². The molecular weight excluding hydrogens is 234 g/mol. The summed E-state index contributed by atoms with van der Waals surface area (Å²) in [6.07, 6.45) is 6.84. The fourth-order valence-corrected chi connectivity index (χ4v) is 4.28. The van der Waals surface area contributed by atoms with Crippen molar-refractivity contribution in [2.45, 2.75) is 51.0 Å². The van der Waals surface area contributed by atoms with Gasteiger partial charge in [-0.15, -0.1) is 0 Å². The Kier molecular flexibility index (Phi) is 3.79. The normalized spacial score (nSPS) is 31.9. The molecular formula is C17H25NO. The van der Waals surface area contributed by atoms with Crippen LogP contribution >= 0.6 is 0 Å². The van der Waals surface area contributed by atoms with Crippen molar-refractivity contribution in [2.75, 3.05) is 13.1 Å². The Balaban J connectivity index is 1.83. The molecule has 1 aliphatic carbocycles. The largest absolute Gasteiger partial charge is 0.508 e. The average molecular weight is 259 g/mol. The highest BCUT2D eigenvalue weighted by molar-refractivity contribution is 5.29. The van der Waals surface area contributed by atoms with E-state index in [9.17, 15) is 5.11 Å². The number of piperidine rings is 1. The van der Waals surface area contributed by atoms with E-state index in [1.165, 1.54) is 50.8 Å². The Hall–Kier alpha value is -1.02.